The molecule has 0 bridgehead atoms. The average molecular weight is 367 g/mol. The lowest BCUT2D eigenvalue weighted by Crippen LogP contribution is -2.52. The number of amides is 2. The molecular formula is C19H27ClN2O3. The third kappa shape index (κ3) is 5.36. The van der Waals surface area contributed by atoms with Crippen molar-refractivity contribution in [3.8, 4) is 5.75 Å². The Morgan fingerprint density at radius 2 is 1.68 bits per heavy atom. The van der Waals surface area contributed by atoms with Crippen molar-refractivity contribution in [2.45, 2.75) is 39.0 Å². The Hall–Kier alpha value is -1.75. The van der Waals surface area contributed by atoms with Crippen molar-refractivity contribution in [3.05, 3.63) is 29.3 Å². The first-order valence-electron chi connectivity index (χ1n) is 8.79. The van der Waals surface area contributed by atoms with E-state index in [0.29, 0.717) is 45.6 Å². The molecule has 1 aromatic carbocycles. The quantitative estimate of drug-likeness (QED) is 0.574. The first-order chi connectivity index (χ1) is 11.9. The van der Waals surface area contributed by atoms with Gasteiger partial charge in [0.25, 0.3) is 0 Å². The zero-order chi connectivity index (χ0) is 18.4. The van der Waals surface area contributed by atoms with Crippen LogP contribution in [-0.4, -0.2) is 59.8 Å². The van der Waals surface area contributed by atoms with Crippen LogP contribution in [0.15, 0.2) is 18.2 Å². The molecule has 5 nitrogen and oxygen atoms in total. The zero-order valence-electron chi connectivity index (χ0n) is 15.3. The van der Waals surface area contributed by atoms with Gasteiger partial charge in [0.05, 0.1) is 6.61 Å². The highest BCUT2D eigenvalue weighted by atomic mass is 35.5. The minimum Gasteiger partial charge on any atom is -0.493 e. The number of rotatable bonds is 6. The lowest BCUT2D eigenvalue weighted by molar-refractivity contribution is -0.139. The van der Waals surface area contributed by atoms with Gasteiger partial charge >= 0.3 is 0 Å². The summed E-state index contributed by atoms with van der Waals surface area (Å²) in [7, 11) is 0. The van der Waals surface area contributed by atoms with Crippen molar-refractivity contribution in [2.24, 2.45) is 0 Å². The summed E-state index contributed by atoms with van der Waals surface area (Å²) in [5, 5.41) is -0.510. The SMILES string of the molecule is Cc1cccc(C)c1OCCCC(=O)N1CCN(C(=O)C(C)Cl)CC1. The number of nitrogens with zero attached hydrogens (tertiary/aromatic N) is 2. The molecule has 0 N–H and O–H groups in total. The second kappa shape index (κ2) is 9.09. The number of alkyl halides is 1. The fraction of sp³-hybridized carbons (Fsp3) is 0.579. The van der Waals surface area contributed by atoms with E-state index in [1.807, 2.05) is 36.9 Å². The van der Waals surface area contributed by atoms with Gasteiger partial charge in [-0.1, -0.05) is 18.2 Å². The minimum absolute atomic E-state index is 0.0595. The normalized spacial score (nSPS) is 15.8. The van der Waals surface area contributed by atoms with E-state index in [1.165, 1.54) is 0 Å². The molecule has 6 heteroatoms. The van der Waals surface area contributed by atoms with Gasteiger partial charge in [-0.2, -0.15) is 0 Å². The molecule has 138 valence electrons. The van der Waals surface area contributed by atoms with Gasteiger partial charge in [-0.05, 0) is 38.3 Å². The van der Waals surface area contributed by atoms with Gasteiger partial charge in [0.2, 0.25) is 11.8 Å². The molecule has 1 unspecified atom stereocenters. The standard InChI is InChI=1S/C19H27ClN2O3/c1-14-6-4-7-15(2)18(14)25-13-5-8-17(23)21-9-11-22(12-10-21)19(24)16(3)20/h4,6-7,16H,5,8-13H2,1-3H3. The van der Waals surface area contributed by atoms with Crippen LogP contribution in [0.25, 0.3) is 0 Å². The van der Waals surface area contributed by atoms with Gasteiger partial charge in [-0.15, -0.1) is 11.6 Å². The lowest BCUT2D eigenvalue weighted by Gasteiger charge is -2.35. The zero-order valence-corrected chi connectivity index (χ0v) is 16.0. The van der Waals surface area contributed by atoms with Crippen molar-refractivity contribution in [1.82, 2.24) is 9.80 Å². The van der Waals surface area contributed by atoms with Crippen molar-refractivity contribution in [3.63, 3.8) is 0 Å². The molecule has 1 aliphatic rings. The molecule has 25 heavy (non-hydrogen) atoms. The second-order valence-electron chi connectivity index (χ2n) is 6.50. The van der Waals surface area contributed by atoms with Crippen molar-refractivity contribution in [2.75, 3.05) is 32.8 Å². The first-order valence-corrected chi connectivity index (χ1v) is 9.23. The molecule has 0 aliphatic carbocycles. The van der Waals surface area contributed by atoms with Gasteiger partial charge in [0.15, 0.2) is 0 Å². The number of carbonyl (C=O) groups is 2. The van der Waals surface area contributed by atoms with E-state index in [2.05, 4.69) is 0 Å². The van der Waals surface area contributed by atoms with Crippen LogP contribution in [0, 0.1) is 13.8 Å². The molecular weight excluding hydrogens is 340 g/mol. The Morgan fingerprint density at radius 3 is 2.24 bits per heavy atom. The lowest BCUT2D eigenvalue weighted by atomic mass is 10.1. The summed E-state index contributed by atoms with van der Waals surface area (Å²) in [4.78, 5) is 27.7. The van der Waals surface area contributed by atoms with Crippen LogP contribution in [0.2, 0.25) is 0 Å². The summed E-state index contributed by atoms with van der Waals surface area (Å²) in [6, 6.07) is 6.06. The summed E-state index contributed by atoms with van der Waals surface area (Å²) < 4.78 is 5.84. The maximum absolute atomic E-state index is 12.3. The molecule has 0 saturated carbocycles. The summed E-state index contributed by atoms with van der Waals surface area (Å²) >= 11 is 5.83. The van der Waals surface area contributed by atoms with Crippen LogP contribution >= 0.6 is 11.6 Å². The first kappa shape index (κ1) is 19.6. The van der Waals surface area contributed by atoms with Gasteiger partial charge in [0, 0.05) is 32.6 Å². The number of hydrogen-bond acceptors (Lipinski definition) is 3. The van der Waals surface area contributed by atoms with Crippen LogP contribution in [0.3, 0.4) is 0 Å². The van der Waals surface area contributed by atoms with Crippen LogP contribution in [0.1, 0.15) is 30.9 Å². The van der Waals surface area contributed by atoms with E-state index in [4.69, 9.17) is 16.3 Å². The van der Waals surface area contributed by atoms with Gasteiger partial charge in [0.1, 0.15) is 11.1 Å². The Bertz CT molecular complexity index is 590. The van der Waals surface area contributed by atoms with E-state index < -0.39 is 5.38 Å². The van der Waals surface area contributed by atoms with Gasteiger partial charge in [-0.25, -0.2) is 0 Å². The molecule has 1 heterocycles. The number of benzene rings is 1. The van der Waals surface area contributed by atoms with E-state index in [1.54, 1.807) is 11.8 Å². The van der Waals surface area contributed by atoms with Crippen LogP contribution in [0.5, 0.6) is 5.75 Å². The average Bonchev–Trinajstić information content (AvgIpc) is 2.60. The topological polar surface area (TPSA) is 49.9 Å². The Kier molecular flexibility index (Phi) is 7.12. The van der Waals surface area contributed by atoms with E-state index in [9.17, 15) is 9.59 Å². The Morgan fingerprint density at radius 1 is 1.12 bits per heavy atom. The molecule has 0 spiro atoms. The molecule has 1 aliphatic heterocycles. The number of carbonyl (C=O) groups excluding carboxylic acids is 2. The van der Waals surface area contributed by atoms with E-state index >= 15 is 0 Å². The molecule has 0 radical (unpaired) electrons. The third-order valence-corrected chi connectivity index (χ3v) is 4.66. The van der Waals surface area contributed by atoms with Crippen molar-refractivity contribution in [1.29, 1.82) is 0 Å². The monoisotopic (exact) mass is 366 g/mol. The van der Waals surface area contributed by atoms with E-state index in [0.717, 1.165) is 16.9 Å². The number of para-hydroxylation sites is 1. The molecule has 1 saturated heterocycles. The Labute approximate surface area is 154 Å². The largest absolute Gasteiger partial charge is 0.493 e. The Balaban J connectivity index is 1.70. The maximum Gasteiger partial charge on any atom is 0.240 e. The highest BCUT2D eigenvalue weighted by molar-refractivity contribution is 6.30. The third-order valence-electron chi connectivity index (χ3n) is 4.47. The van der Waals surface area contributed by atoms with Gasteiger partial charge in [-0.3, -0.25) is 9.59 Å². The summed E-state index contributed by atoms with van der Waals surface area (Å²) in [6.07, 6.45) is 1.15. The van der Waals surface area contributed by atoms with Gasteiger partial charge < -0.3 is 14.5 Å². The maximum atomic E-state index is 12.3. The molecule has 0 aromatic heterocycles. The molecule has 1 fully saturated rings. The molecule has 2 amide bonds. The highest BCUT2D eigenvalue weighted by Gasteiger charge is 2.25. The van der Waals surface area contributed by atoms with Crippen molar-refractivity contribution < 1.29 is 14.3 Å². The van der Waals surface area contributed by atoms with Crippen LogP contribution < -0.4 is 4.74 Å². The summed E-state index contributed by atoms with van der Waals surface area (Å²) in [6.45, 7) is 8.52. The fourth-order valence-corrected chi connectivity index (χ4v) is 3.15. The predicted octanol–water partition coefficient (Wildman–Crippen LogP) is 2.76. The summed E-state index contributed by atoms with van der Waals surface area (Å²) in [5.41, 5.74) is 2.22. The highest BCUT2D eigenvalue weighted by Crippen LogP contribution is 2.22. The van der Waals surface area contributed by atoms with E-state index in [-0.39, 0.29) is 11.8 Å². The summed E-state index contributed by atoms with van der Waals surface area (Å²) in [5.74, 6) is 0.976. The number of piperazine rings is 1. The number of halogens is 1. The minimum atomic E-state index is -0.510. The number of hydrogen-bond donors (Lipinski definition) is 0. The number of ether oxygens (including phenoxy) is 1. The predicted molar refractivity (Wildman–Crippen MR) is 99.1 cm³/mol. The smallest absolute Gasteiger partial charge is 0.240 e. The van der Waals surface area contributed by atoms with Crippen molar-refractivity contribution >= 4 is 23.4 Å². The van der Waals surface area contributed by atoms with Crippen LogP contribution in [0.4, 0.5) is 0 Å². The molecule has 1 aromatic rings. The second-order valence-corrected chi connectivity index (χ2v) is 7.15. The number of aryl methyl sites for hydroxylation is 2. The molecule has 1 atom stereocenters. The molecule has 2 rings (SSSR count). The fourth-order valence-electron chi connectivity index (χ4n) is 3.01. The van der Waals surface area contributed by atoms with Crippen LogP contribution in [-0.2, 0) is 9.59 Å².